The molecule has 66 valence electrons. The second-order valence-corrected chi connectivity index (χ2v) is 1.82. The summed E-state index contributed by atoms with van der Waals surface area (Å²) in [5, 5.41) is 0. The first-order valence-electron chi connectivity index (χ1n) is 3.04. The van der Waals surface area contributed by atoms with Crippen molar-refractivity contribution >= 4 is 11.8 Å². The summed E-state index contributed by atoms with van der Waals surface area (Å²) in [5.41, 5.74) is 9.23. The highest BCUT2D eigenvalue weighted by Gasteiger charge is 1.88. The Morgan fingerprint density at radius 1 is 1.36 bits per heavy atom. The SMILES string of the molecule is CC(N)=O.COCCC(N)=O. The molecule has 0 aliphatic rings. The lowest BCUT2D eigenvalue weighted by Crippen LogP contribution is -2.12. The van der Waals surface area contributed by atoms with Crippen molar-refractivity contribution in [2.24, 2.45) is 11.5 Å². The summed E-state index contributed by atoms with van der Waals surface area (Å²) in [4.78, 5) is 19.1. The third-order valence-electron chi connectivity index (χ3n) is 0.553. The van der Waals surface area contributed by atoms with Gasteiger partial charge in [0, 0.05) is 20.5 Å². The molecule has 0 aliphatic heterocycles. The average molecular weight is 162 g/mol. The molecular formula is C6H14N2O3. The lowest BCUT2D eigenvalue weighted by Gasteiger charge is -1.89. The Bertz CT molecular complexity index is 121. The molecule has 0 rings (SSSR count). The van der Waals surface area contributed by atoms with Crippen molar-refractivity contribution in [3.63, 3.8) is 0 Å². The lowest BCUT2D eigenvalue weighted by molar-refractivity contribution is -0.119. The minimum atomic E-state index is -0.333. The number of hydrogen-bond donors (Lipinski definition) is 2. The van der Waals surface area contributed by atoms with E-state index in [0.717, 1.165) is 0 Å². The van der Waals surface area contributed by atoms with Crippen molar-refractivity contribution in [3.05, 3.63) is 0 Å². The molecule has 0 unspecified atom stereocenters. The molecule has 0 atom stereocenters. The molecule has 0 heterocycles. The van der Waals surface area contributed by atoms with E-state index < -0.39 is 0 Å². The van der Waals surface area contributed by atoms with Crippen LogP contribution in [0.4, 0.5) is 0 Å². The summed E-state index contributed by atoms with van der Waals surface area (Å²) < 4.78 is 4.55. The second-order valence-electron chi connectivity index (χ2n) is 1.82. The Morgan fingerprint density at radius 3 is 1.82 bits per heavy atom. The van der Waals surface area contributed by atoms with Crippen LogP contribution >= 0.6 is 0 Å². The summed E-state index contributed by atoms with van der Waals surface area (Å²) in [6.07, 6.45) is 0.316. The van der Waals surface area contributed by atoms with Crippen LogP contribution in [-0.4, -0.2) is 25.5 Å². The largest absolute Gasteiger partial charge is 0.384 e. The van der Waals surface area contributed by atoms with E-state index in [1.54, 1.807) is 0 Å². The van der Waals surface area contributed by atoms with E-state index in [1.807, 2.05) is 0 Å². The summed E-state index contributed by atoms with van der Waals surface area (Å²) in [6, 6.07) is 0. The van der Waals surface area contributed by atoms with Gasteiger partial charge in [-0.2, -0.15) is 0 Å². The molecule has 0 aromatic heterocycles. The molecule has 11 heavy (non-hydrogen) atoms. The fourth-order valence-corrected chi connectivity index (χ4v) is 0.203. The molecule has 0 aromatic rings. The second kappa shape index (κ2) is 8.90. The molecule has 0 bridgehead atoms. The van der Waals surface area contributed by atoms with Gasteiger partial charge in [0.1, 0.15) is 0 Å². The first kappa shape index (κ1) is 12.6. The van der Waals surface area contributed by atoms with Crippen molar-refractivity contribution in [2.45, 2.75) is 13.3 Å². The van der Waals surface area contributed by atoms with Gasteiger partial charge in [0.05, 0.1) is 6.61 Å². The van der Waals surface area contributed by atoms with E-state index >= 15 is 0 Å². The average Bonchev–Trinajstić information content (AvgIpc) is 1.82. The smallest absolute Gasteiger partial charge is 0.219 e. The van der Waals surface area contributed by atoms with Gasteiger partial charge in [0.25, 0.3) is 0 Å². The molecule has 5 nitrogen and oxygen atoms in total. The molecule has 5 heteroatoms. The van der Waals surface area contributed by atoms with Gasteiger partial charge in [0.2, 0.25) is 11.8 Å². The van der Waals surface area contributed by atoms with E-state index in [9.17, 15) is 9.59 Å². The van der Waals surface area contributed by atoms with Gasteiger partial charge < -0.3 is 16.2 Å². The van der Waals surface area contributed by atoms with Crippen molar-refractivity contribution in [2.75, 3.05) is 13.7 Å². The third kappa shape index (κ3) is 50.4. The predicted octanol–water partition coefficient (Wildman–Crippen LogP) is -1.00. The van der Waals surface area contributed by atoms with Crippen LogP contribution in [0.15, 0.2) is 0 Å². The van der Waals surface area contributed by atoms with Crippen LogP contribution < -0.4 is 11.5 Å². The molecule has 0 saturated heterocycles. The number of primary amides is 2. The number of carbonyl (C=O) groups is 2. The zero-order chi connectivity index (χ0) is 9.28. The molecule has 0 saturated carbocycles. The van der Waals surface area contributed by atoms with Crippen molar-refractivity contribution in [1.82, 2.24) is 0 Å². The fraction of sp³-hybridized carbons (Fsp3) is 0.667. The van der Waals surface area contributed by atoms with Gasteiger partial charge in [-0.3, -0.25) is 9.59 Å². The Balaban J connectivity index is 0. The van der Waals surface area contributed by atoms with Crippen molar-refractivity contribution in [3.8, 4) is 0 Å². The van der Waals surface area contributed by atoms with Crippen LogP contribution in [0.25, 0.3) is 0 Å². The number of hydrogen-bond acceptors (Lipinski definition) is 3. The maximum atomic E-state index is 9.90. The van der Waals surface area contributed by atoms with Gasteiger partial charge in [-0.15, -0.1) is 0 Å². The molecule has 2 amide bonds. The first-order chi connectivity index (χ1) is 5.00. The summed E-state index contributed by atoms with van der Waals surface area (Å²) in [5.74, 6) is -0.651. The highest BCUT2D eigenvalue weighted by molar-refractivity contribution is 5.73. The van der Waals surface area contributed by atoms with E-state index in [4.69, 9.17) is 5.73 Å². The van der Waals surface area contributed by atoms with E-state index in [-0.39, 0.29) is 11.8 Å². The zero-order valence-corrected chi connectivity index (χ0v) is 6.79. The van der Waals surface area contributed by atoms with Crippen molar-refractivity contribution < 1.29 is 14.3 Å². The lowest BCUT2D eigenvalue weighted by atomic mass is 10.4. The van der Waals surface area contributed by atoms with Crippen LogP contribution in [0.1, 0.15) is 13.3 Å². The van der Waals surface area contributed by atoms with Gasteiger partial charge in [-0.25, -0.2) is 0 Å². The molecular weight excluding hydrogens is 148 g/mol. The number of nitrogens with two attached hydrogens (primary N) is 2. The summed E-state index contributed by atoms with van der Waals surface area (Å²) in [7, 11) is 1.53. The highest BCUT2D eigenvalue weighted by atomic mass is 16.5. The van der Waals surface area contributed by atoms with Crippen LogP contribution in [0.5, 0.6) is 0 Å². The first-order valence-corrected chi connectivity index (χ1v) is 3.04. The quantitative estimate of drug-likeness (QED) is 0.557. The zero-order valence-electron chi connectivity index (χ0n) is 6.79. The predicted molar refractivity (Wildman–Crippen MR) is 40.6 cm³/mol. The third-order valence-corrected chi connectivity index (χ3v) is 0.553. The Kier molecular flexibility index (Phi) is 10.2. The maximum absolute atomic E-state index is 9.90. The molecule has 0 aliphatic carbocycles. The van der Waals surface area contributed by atoms with E-state index in [1.165, 1.54) is 14.0 Å². The van der Waals surface area contributed by atoms with Crippen LogP contribution in [0, 0.1) is 0 Å². The Morgan fingerprint density at radius 2 is 1.73 bits per heavy atom. The standard InChI is InChI=1S/C4H9NO2.C2H5NO/c1-7-3-2-4(5)6;1-2(3)4/h2-3H2,1H3,(H2,5,6);1H3,(H2,3,4). The van der Waals surface area contributed by atoms with E-state index in [0.29, 0.717) is 13.0 Å². The van der Waals surface area contributed by atoms with Gasteiger partial charge >= 0.3 is 0 Å². The normalized spacial score (nSPS) is 7.82. The van der Waals surface area contributed by atoms with Gasteiger partial charge in [-0.1, -0.05) is 0 Å². The number of methoxy groups -OCH3 is 1. The fourth-order valence-electron chi connectivity index (χ4n) is 0.203. The minimum Gasteiger partial charge on any atom is -0.384 e. The summed E-state index contributed by atoms with van der Waals surface area (Å²) in [6.45, 7) is 1.73. The monoisotopic (exact) mass is 162 g/mol. The molecule has 0 spiro atoms. The van der Waals surface area contributed by atoms with Crippen LogP contribution in [-0.2, 0) is 14.3 Å². The highest BCUT2D eigenvalue weighted by Crippen LogP contribution is 1.74. The number of ether oxygens (including phenoxy) is 1. The van der Waals surface area contributed by atoms with E-state index in [2.05, 4.69) is 10.5 Å². The minimum absolute atomic E-state index is 0.316. The van der Waals surface area contributed by atoms with Gasteiger partial charge in [0.15, 0.2) is 0 Å². The molecule has 0 fully saturated rings. The van der Waals surface area contributed by atoms with Crippen LogP contribution in [0.2, 0.25) is 0 Å². The molecule has 0 aromatic carbocycles. The summed E-state index contributed by atoms with van der Waals surface area (Å²) >= 11 is 0. The Hall–Kier alpha value is -1.10. The number of carbonyl (C=O) groups excluding carboxylic acids is 2. The maximum Gasteiger partial charge on any atom is 0.219 e. The van der Waals surface area contributed by atoms with Crippen LogP contribution in [0.3, 0.4) is 0 Å². The molecule has 4 N–H and O–H groups in total. The topological polar surface area (TPSA) is 95.4 Å². The van der Waals surface area contributed by atoms with Gasteiger partial charge in [-0.05, 0) is 0 Å². The number of rotatable bonds is 3. The molecule has 0 radical (unpaired) electrons. The van der Waals surface area contributed by atoms with Crippen molar-refractivity contribution in [1.29, 1.82) is 0 Å². The Labute approximate surface area is 65.7 Å². The number of amides is 2.